The Kier molecular flexibility index (Phi) is 14.6. The minimum Gasteiger partial charge on any atom is -0.490 e. The summed E-state index contributed by atoms with van der Waals surface area (Å²) in [6, 6.07) is 0. The van der Waals surface area contributed by atoms with Crippen molar-refractivity contribution in [3.63, 3.8) is 0 Å². The first-order valence-corrected chi connectivity index (χ1v) is 15.8. The van der Waals surface area contributed by atoms with Gasteiger partial charge < -0.3 is 34.3 Å². The lowest BCUT2D eigenvalue weighted by atomic mass is 9.78. The van der Waals surface area contributed by atoms with Crippen LogP contribution in [0.25, 0.3) is 0 Å². The number of rotatable bonds is 7. The summed E-state index contributed by atoms with van der Waals surface area (Å²) >= 11 is 0. The zero-order valence-electron chi connectivity index (χ0n) is 28.2. The van der Waals surface area contributed by atoms with Crippen molar-refractivity contribution in [3.05, 3.63) is 47.3 Å². The molecule has 0 spiro atoms. The third kappa shape index (κ3) is 10.0. The Hall–Kier alpha value is -1.97. The summed E-state index contributed by atoms with van der Waals surface area (Å²) in [6.07, 6.45) is 6.31. The van der Waals surface area contributed by atoms with Crippen LogP contribution in [-0.4, -0.2) is 78.2 Å². The molecule has 12 atom stereocenters. The molecule has 3 N–H and O–H groups in total. The van der Waals surface area contributed by atoms with Gasteiger partial charge in [-0.05, 0) is 38.2 Å². The van der Waals surface area contributed by atoms with E-state index in [0.29, 0.717) is 12.8 Å². The normalized spacial score (nSPS) is 40.1. The third-order valence-electron chi connectivity index (χ3n) is 9.36. The number of esters is 1. The van der Waals surface area contributed by atoms with Gasteiger partial charge in [-0.25, -0.2) is 4.79 Å². The average molecular weight is 607 g/mol. The van der Waals surface area contributed by atoms with Crippen LogP contribution in [0.15, 0.2) is 47.3 Å². The Morgan fingerprint density at radius 1 is 1.00 bits per heavy atom. The van der Waals surface area contributed by atoms with Crippen LogP contribution in [0.2, 0.25) is 0 Å². The fraction of sp³-hybridized carbons (Fsp3) is 0.743. The summed E-state index contributed by atoms with van der Waals surface area (Å²) in [6.45, 7) is 17.8. The molecule has 43 heavy (non-hydrogen) atoms. The van der Waals surface area contributed by atoms with E-state index in [-0.39, 0.29) is 47.6 Å². The zero-order chi connectivity index (χ0) is 32.6. The van der Waals surface area contributed by atoms with Crippen LogP contribution in [0, 0.1) is 35.5 Å². The summed E-state index contributed by atoms with van der Waals surface area (Å²) in [7, 11) is 2.95. The highest BCUT2D eigenvalue weighted by Gasteiger charge is 2.43. The monoisotopic (exact) mass is 606 g/mol. The Bertz CT molecular complexity index is 1010. The molecule has 0 bridgehead atoms. The lowest BCUT2D eigenvalue weighted by Gasteiger charge is -2.44. The number of aliphatic hydroxyl groups excluding tert-OH is 3. The fourth-order valence-electron chi connectivity index (χ4n) is 6.54. The Morgan fingerprint density at radius 2 is 1.65 bits per heavy atom. The second kappa shape index (κ2) is 16.9. The van der Waals surface area contributed by atoms with Crippen molar-refractivity contribution in [1.82, 2.24) is 0 Å². The third-order valence-corrected chi connectivity index (χ3v) is 9.36. The molecule has 246 valence electrons. The number of cyclic esters (lactones) is 1. The first-order valence-electron chi connectivity index (χ1n) is 15.8. The number of hydrogen-bond donors (Lipinski definition) is 3. The van der Waals surface area contributed by atoms with E-state index in [1.165, 1.54) is 7.11 Å². The number of aliphatic hydroxyl groups is 3. The molecule has 0 unspecified atom stereocenters. The Morgan fingerprint density at radius 3 is 2.23 bits per heavy atom. The molecule has 2 aliphatic heterocycles. The maximum absolute atomic E-state index is 13.5. The van der Waals surface area contributed by atoms with Gasteiger partial charge in [0.05, 0.1) is 37.6 Å². The number of methoxy groups -OCH3 is 2. The van der Waals surface area contributed by atoms with E-state index in [4.69, 9.17) is 18.9 Å². The van der Waals surface area contributed by atoms with Gasteiger partial charge in [-0.15, -0.1) is 0 Å². The quantitative estimate of drug-likeness (QED) is 0.332. The molecule has 0 saturated carbocycles. The van der Waals surface area contributed by atoms with Crippen molar-refractivity contribution in [3.8, 4) is 0 Å². The van der Waals surface area contributed by atoms with Gasteiger partial charge in [0.1, 0.15) is 12.2 Å². The van der Waals surface area contributed by atoms with Crippen LogP contribution in [0.4, 0.5) is 0 Å². The van der Waals surface area contributed by atoms with Crippen molar-refractivity contribution in [1.29, 1.82) is 0 Å². The molecule has 0 aromatic heterocycles. The number of ether oxygens (including phenoxy) is 4. The Balaban J connectivity index is 2.47. The minimum atomic E-state index is -0.926. The van der Waals surface area contributed by atoms with Gasteiger partial charge in [0.25, 0.3) is 0 Å². The second-order valence-corrected chi connectivity index (χ2v) is 13.4. The lowest BCUT2D eigenvalue weighted by Crippen LogP contribution is -2.51. The van der Waals surface area contributed by atoms with E-state index in [1.54, 1.807) is 13.2 Å². The predicted molar refractivity (Wildman–Crippen MR) is 169 cm³/mol. The van der Waals surface area contributed by atoms with E-state index in [0.717, 1.165) is 11.1 Å². The largest absolute Gasteiger partial charge is 0.490 e. The highest BCUT2D eigenvalue weighted by Crippen LogP contribution is 2.36. The highest BCUT2D eigenvalue weighted by atomic mass is 16.6. The topological polar surface area (TPSA) is 115 Å². The smallest absolute Gasteiger partial charge is 0.373 e. The molecule has 1 saturated heterocycles. The number of hydrogen-bond acceptors (Lipinski definition) is 8. The van der Waals surface area contributed by atoms with E-state index >= 15 is 0 Å². The van der Waals surface area contributed by atoms with Crippen molar-refractivity contribution in [2.24, 2.45) is 35.5 Å². The van der Waals surface area contributed by atoms with Gasteiger partial charge in [-0.1, -0.05) is 83.9 Å². The highest BCUT2D eigenvalue weighted by molar-refractivity contribution is 5.87. The fourth-order valence-corrected chi connectivity index (χ4v) is 6.54. The van der Waals surface area contributed by atoms with Crippen LogP contribution in [-0.2, 0) is 23.7 Å². The van der Waals surface area contributed by atoms with Crippen molar-refractivity contribution >= 4 is 5.97 Å². The SMILES string of the molecule is CO/C1=C\C(C)=C\[C@@H](C)[C@@H](O)[C@H](C)C/C(C)=C/C=C/[C@H](OC)[C@@H]([C@@H](C)[C@@H](O)[C@H](C)[C@H]2C[C@@H](O)[C@H](C)[C@@H](C(C)C)O2)OC1=O. The molecule has 0 aromatic carbocycles. The molecule has 2 aliphatic rings. The van der Waals surface area contributed by atoms with Gasteiger partial charge in [-0.3, -0.25) is 0 Å². The van der Waals surface area contributed by atoms with Gasteiger partial charge in [0.15, 0.2) is 0 Å². The van der Waals surface area contributed by atoms with E-state index in [1.807, 2.05) is 72.8 Å². The summed E-state index contributed by atoms with van der Waals surface area (Å²) in [5, 5.41) is 33.4. The molecular formula is C35H58O8. The Labute approximate surface area is 259 Å². The number of carbonyl (C=O) groups excluding carboxylic acids is 1. The van der Waals surface area contributed by atoms with Crippen LogP contribution in [0.5, 0.6) is 0 Å². The maximum Gasteiger partial charge on any atom is 0.373 e. The maximum atomic E-state index is 13.5. The summed E-state index contributed by atoms with van der Waals surface area (Å²) in [5.74, 6) is -1.48. The standard InChI is InChI=1S/C35H58O8/c1-19(2)33-24(7)27(36)18-29(42-33)25(8)32(38)26(9)34-28(40-10)14-12-13-20(3)15-22(5)31(37)23(6)16-21(4)17-30(41-11)35(39)43-34/h12-14,16-17,19,22-29,31-34,36-38H,15,18H2,1-11H3/b14-12+,20-13+,21-16+,30-17-/t22-,23-,24+,25-,26+,27-,28+,29-,31+,32+,33-,34-/m1/s1. The molecular weight excluding hydrogens is 548 g/mol. The molecule has 2 rings (SSSR count). The first kappa shape index (κ1) is 37.2. The summed E-state index contributed by atoms with van der Waals surface area (Å²) < 4.78 is 23.8. The minimum absolute atomic E-state index is 0.00224. The van der Waals surface area contributed by atoms with Crippen molar-refractivity contribution < 1.29 is 39.1 Å². The van der Waals surface area contributed by atoms with Crippen molar-refractivity contribution in [2.75, 3.05) is 14.2 Å². The van der Waals surface area contributed by atoms with Crippen molar-refractivity contribution in [2.45, 2.75) is 118 Å². The van der Waals surface area contributed by atoms with Crippen LogP contribution in [0.1, 0.15) is 75.2 Å². The molecule has 8 nitrogen and oxygen atoms in total. The average Bonchev–Trinajstić information content (AvgIpc) is 2.95. The molecule has 8 heteroatoms. The second-order valence-electron chi connectivity index (χ2n) is 13.4. The molecule has 0 aliphatic carbocycles. The van der Waals surface area contributed by atoms with Crippen LogP contribution >= 0.6 is 0 Å². The van der Waals surface area contributed by atoms with Gasteiger partial charge in [-0.2, -0.15) is 0 Å². The van der Waals surface area contributed by atoms with E-state index < -0.39 is 42.4 Å². The number of allylic oxidation sites excluding steroid dienone is 5. The molecule has 2 heterocycles. The van der Waals surface area contributed by atoms with Gasteiger partial charge in [0.2, 0.25) is 5.76 Å². The zero-order valence-corrected chi connectivity index (χ0v) is 28.2. The number of carbonyl (C=O) groups is 1. The molecule has 1 fully saturated rings. The molecule has 0 amide bonds. The van der Waals surface area contributed by atoms with E-state index in [9.17, 15) is 20.1 Å². The summed E-state index contributed by atoms with van der Waals surface area (Å²) in [5.41, 5.74) is 1.85. The summed E-state index contributed by atoms with van der Waals surface area (Å²) in [4.78, 5) is 13.5. The van der Waals surface area contributed by atoms with Gasteiger partial charge in [0, 0.05) is 37.2 Å². The van der Waals surface area contributed by atoms with E-state index in [2.05, 4.69) is 13.8 Å². The lowest BCUT2D eigenvalue weighted by molar-refractivity contribution is -0.184. The molecule has 0 radical (unpaired) electrons. The first-order chi connectivity index (χ1) is 20.1. The van der Waals surface area contributed by atoms with Gasteiger partial charge >= 0.3 is 5.97 Å². The molecule has 0 aromatic rings. The van der Waals surface area contributed by atoms with Crippen LogP contribution in [0.3, 0.4) is 0 Å². The predicted octanol–water partition coefficient (Wildman–Crippen LogP) is 5.37. The van der Waals surface area contributed by atoms with Crippen LogP contribution < -0.4 is 0 Å².